The fraction of sp³-hybridized carbons (Fsp3) is 0.727. The molecule has 4 nitrogen and oxygen atoms in total. The van der Waals surface area contributed by atoms with Gasteiger partial charge in [0.1, 0.15) is 5.01 Å². The van der Waals surface area contributed by atoms with Crippen LogP contribution >= 0.6 is 11.3 Å². The molecule has 4 rings (SSSR count). The smallest absolute Gasteiger partial charge is 0.326 e. The largest absolute Gasteiger partial charge is 0.434 e. The molecule has 0 radical (unpaired) electrons. The van der Waals surface area contributed by atoms with Gasteiger partial charge in [-0.1, -0.05) is 0 Å². The third-order valence-corrected chi connectivity index (χ3v) is 4.91. The number of rotatable bonds is 2. The normalized spacial score (nSPS) is 30.8. The van der Waals surface area contributed by atoms with Crippen LogP contribution < -0.4 is 5.73 Å². The highest BCUT2D eigenvalue weighted by Gasteiger charge is 2.40. The van der Waals surface area contributed by atoms with Gasteiger partial charge in [0.05, 0.1) is 10.9 Å². The SMILES string of the molecule is NCc1sc(C2CN3CCN2CC3)nc1C(F)(F)F. The van der Waals surface area contributed by atoms with Crippen LogP contribution in [0.3, 0.4) is 0 Å². The van der Waals surface area contributed by atoms with Crippen LogP contribution in [0.1, 0.15) is 21.6 Å². The summed E-state index contributed by atoms with van der Waals surface area (Å²) in [6, 6.07) is -0.00565. The lowest BCUT2D eigenvalue weighted by molar-refractivity contribution is -0.141. The predicted octanol–water partition coefficient (Wildman–Crippen LogP) is 1.29. The molecular formula is C11H15F3N4S. The molecule has 0 saturated carbocycles. The van der Waals surface area contributed by atoms with E-state index in [4.69, 9.17) is 5.73 Å². The molecule has 19 heavy (non-hydrogen) atoms. The molecule has 4 heterocycles. The number of halogens is 3. The van der Waals surface area contributed by atoms with E-state index in [0.29, 0.717) is 5.01 Å². The molecule has 0 amide bonds. The zero-order valence-electron chi connectivity index (χ0n) is 10.3. The molecule has 0 spiro atoms. The van der Waals surface area contributed by atoms with E-state index in [9.17, 15) is 13.2 Å². The molecule has 3 aliphatic heterocycles. The summed E-state index contributed by atoms with van der Waals surface area (Å²) in [6.07, 6.45) is -4.41. The van der Waals surface area contributed by atoms with Gasteiger partial charge in [0.15, 0.2) is 5.69 Å². The molecule has 8 heteroatoms. The molecule has 106 valence electrons. The molecule has 3 aliphatic rings. The number of alkyl halides is 3. The number of fused-ring (bicyclic) bond motifs is 3. The first-order chi connectivity index (χ1) is 8.99. The molecular weight excluding hydrogens is 277 g/mol. The number of aromatic nitrogens is 1. The number of hydrogen-bond acceptors (Lipinski definition) is 5. The van der Waals surface area contributed by atoms with E-state index in [-0.39, 0.29) is 17.5 Å². The average Bonchev–Trinajstić information content (AvgIpc) is 2.84. The Morgan fingerprint density at radius 3 is 2.37 bits per heavy atom. The highest BCUT2D eigenvalue weighted by molar-refractivity contribution is 7.11. The van der Waals surface area contributed by atoms with Crippen LogP contribution in [-0.4, -0.2) is 47.5 Å². The third-order valence-electron chi connectivity index (χ3n) is 3.73. The van der Waals surface area contributed by atoms with Gasteiger partial charge in [0.2, 0.25) is 0 Å². The first-order valence-corrected chi connectivity index (χ1v) is 7.04. The van der Waals surface area contributed by atoms with Gasteiger partial charge >= 0.3 is 6.18 Å². The maximum atomic E-state index is 12.9. The molecule has 1 aromatic rings. The van der Waals surface area contributed by atoms with E-state index in [1.165, 1.54) is 0 Å². The summed E-state index contributed by atoms with van der Waals surface area (Å²) in [5.74, 6) is 0. The maximum absolute atomic E-state index is 12.9. The van der Waals surface area contributed by atoms with Gasteiger partial charge < -0.3 is 5.73 Å². The monoisotopic (exact) mass is 292 g/mol. The summed E-state index contributed by atoms with van der Waals surface area (Å²) in [6.45, 7) is 4.47. The first-order valence-electron chi connectivity index (χ1n) is 6.22. The second-order valence-electron chi connectivity index (χ2n) is 4.88. The lowest BCUT2D eigenvalue weighted by Gasteiger charge is -2.46. The van der Waals surface area contributed by atoms with Crippen molar-refractivity contribution in [2.75, 3.05) is 32.7 Å². The van der Waals surface area contributed by atoms with Gasteiger partial charge in [-0.2, -0.15) is 13.2 Å². The molecule has 2 bridgehead atoms. The molecule has 3 fully saturated rings. The summed E-state index contributed by atoms with van der Waals surface area (Å²) >= 11 is 1.11. The fourth-order valence-electron chi connectivity index (χ4n) is 2.72. The number of nitrogens with zero attached hydrogens (tertiary/aromatic N) is 3. The van der Waals surface area contributed by atoms with Crippen LogP contribution in [0, 0.1) is 0 Å². The van der Waals surface area contributed by atoms with Crippen LogP contribution in [0.15, 0.2) is 0 Å². The van der Waals surface area contributed by atoms with Crippen molar-refractivity contribution in [3.05, 3.63) is 15.6 Å². The lowest BCUT2D eigenvalue weighted by Crippen LogP contribution is -2.56. The van der Waals surface area contributed by atoms with Crippen LogP contribution in [0.25, 0.3) is 0 Å². The van der Waals surface area contributed by atoms with E-state index < -0.39 is 11.9 Å². The quantitative estimate of drug-likeness (QED) is 0.892. The predicted molar refractivity (Wildman–Crippen MR) is 65.8 cm³/mol. The Morgan fingerprint density at radius 2 is 1.95 bits per heavy atom. The Labute approximate surface area is 113 Å². The van der Waals surface area contributed by atoms with E-state index in [1.54, 1.807) is 0 Å². The van der Waals surface area contributed by atoms with E-state index in [0.717, 1.165) is 44.1 Å². The van der Waals surface area contributed by atoms with Gasteiger partial charge in [-0.05, 0) is 0 Å². The average molecular weight is 292 g/mol. The van der Waals surface area contributed by atoms with E-state index in [1.807, 2.05) is 0 Å². The van der Waals surface area contributed by atoms with Crippen molar-refractivity contribution in [1.82, 2.24) is 14.8 Å². The highest BCUT2D eigenvalue weighted by Crippen LogP contribution is 2.38. The van der Waals surface area contributed by atoms with Crippen LogP contribution in [0.5, 0.6) is 0 Å². The van der Waals surface area contributed by atoms with Gasteiger partial charge in [0, 0.05) is 39.3 Å². The topological polar surface area (TPSA) is 45.4 Å². The molecule has 1 atom stereocenters. The summed E-state index contributed by atoms with van der Waals surface area (Å²) in [7, 11) is 0. The van der Waals surface area contributed by atoms with Crippen LogP contribution in [0.2, 0.25) is 0 Å². The van der Waals surface area contributed by atoms with Crippen LogP contribution in [0.4, 0.5) is 13.2 Å². The summed E-state index contributed by atoms with van der Waals surface area (Å²) in [5.41, 5.74) is 4.61. The molecule has 1 unspecified atom stereocenters. The Bertz CT molecular complexity index is 465. The van der Waals surface area contributed by atoms with Gasteiger partial charge in [-0.25, -0.2) is 4.98 Å². The Kier molecular flexibility index (Phi) is 3.28. The van der Waals surface area contributed by atoms with Crippen molar-refractivity contribution in [2.45, 2.75) is 18.8 Å². The van der Waals surface area contributed by atoms with Gasteiger partial charge in [-0.3, -0.25) is 9.80 Å². The number of hydrogen-bond donors (Lipinski definition) is 1. The zero-order valence-corrected chi connectivity index (χ0v) is 11.1. The van der Waals surface area contributed by atoms with Crippen molar-refractivity contribution in [3.8, 4) is 0 Å². The summed E-state index contributed by atoms with van der Waals surface area (Å²) in [4.78, 5) is 8.48. The minimum Gasteiger partial charge on any atom is -0.326 e. The van der Waals surface area contributed by atoms with Crippen molar-refractivity contribution in [2.24, 2.45) is 5.73 Å². The molecule has 1 aromatic heterocycles. The summed E-state index contributed by atoms with van der Waals surface area (Å²) < 4.78 is 38.6. The number of piperazine rings is 3. The molecule has 2 N–H and O–H groups in total. The Morgan fingerprint density at radius 1 is 1.26 bits per heavy atom. The number of nitrogens with two attached hydrogens (primary N) is 1. The minimum absolute atomic E-state index is 0.00565. The molecule has 3 saturated heterocycles. The standard InChI is InChI=1S/C11H15F3N4S/c12-11(13,14)9-8(5-15)19-10(16-9)7-6-17-1-3-18(7)4-2-17/h7H,1-6,15H2. The van der Waals surface area contributed by atoms with E-state index >= 15 is 0 Å². The van der Waals surface area contributed by atoms with Crippen molar-refractivity contribution >= 4 is 11.3 Å². The summed E-state index contributed by atoms with van der Waals surface area (Å²) in [5, 5.41) is 0.553. The molecule has 0 aliphatic carbocycles. The van der Waals surface area contributed by atoms with Crippen molar-refractivity contribution in [3.63, 3.8) is 0 Å². The third kappa shape index (κ3) is 2.37. The fourth-order valence-corrected chi connectivity index (χ4v) is 3.81. The van der Waals surface area contributed by atoms with E-state index in [2.05, 4.69) is 14.8 Å². The Hall–Kier alpha value is -0.700. The van der Waals surface area contributed by atoms with Gasteiger partial charge in [0.25, 0.3) is 0 Å². The Balaban J connectivity index is 1.91. The lowest BCUT2D eigenvalue weighted by atomic mass is 10.1. The number of thiazole rings is 1. The van der Waals surface area contributed by atoms with Gasteiger partial charge in [-0.15, -0.1) is 11.3 Å². The first kappa shape index (κ1) is 13.3. The zero-order chi connectivity index (χ0) is 13.6. The minimum atomic E-state index is -4.41. The molecule has 0 aromatic carbocycles. The highest BCUT2D eigenvalue weighted by atomic mass is 32.1. The second-order valence-corrected chi connectivity index (χ2v) is 5.99. The van der Waals surface area contributed by atoms with Crippen molar-refractivity contribution in [1.29, 1.82) is 0 Å². The second kappa shape index (κ2) is 4.69. The van der Waals surface area contributed by atoms with Crippen molar-refractivity contribution < 1.29 is 13.2 Å². The van der Waals surface area contributed by atoms with Crippen LogP contribution in [-0.2, 0) is 12.7 Å². The maximum Gasteiger partial charge on any atom is 0.434 e.